The van der Waals surface area contributed by atoms with Crippen LogP contribution in [0.5, 0.6) is 0 Å². The van der Waals surface area contributed by atoms with E-state index in [1.54, 1.807) is 27.7 Å². The van der Waals surface area contributed by atoms with Crippen molar-refractivity contribution in [2.75, 3.05) is 172 Å². The molecule has 9 saturated heterocycles. The minimum absolute atomic E-state index is 0.207. The van der Waals surface area contributed by atoms with Crippen LogP contribution in [0.15, 0.2) is 0 Å². The van der Waals surface area contributed by atoms with Gasteiger partial charge in [-0.3, -0.25) is 29.0 Å². The number of hydrogen-bond donors (Lipinski definition) is 0. The third-order valence-electron chi connectivity index (χ3n) is 21.9. The molecule has 0 N–H and O–H groups in total. The largest absolute Gasteiger partial charge is 0.381 e. The summed E-state index contributed by atoms with van der Waals surface area (Å²) in [5, 5.41) is 0. The lowest BCUT2D eigenvalue weighted by Gasteiger charge is -2.41. The van der Waals surface area contributed by atoms with Crippen molar-refractivity contribution in [2.24, 2.45) is 82.9 Å². The fraction of sp³-hybridized carbons (Fsp3) is 0.950. The average Bonchev–Trinajstić information content (AvgIpc) is 0.976. The zero-order valence-corrected chi connectivity index (χ0v) is 69.0. The molecule has 0 aromatic rings. The minimum atomic E-state index is 0.207. The van der Waals surface area contributed by atoms with Gasteiger partial charge in [0.05, 0.1) is 0 Å². The average molecular weight is 1350 g/mol. The van der Waals surface area contributed by atoms with Gasteiger partial charge in [-0.2, -0.15) is 0 Å². The maximum atomic E-state index is 11.0. The van der Waals surface area contributed by atoms with Crippen molar-refractivity contribution in [2.45, 2.75) is 243 Å². The van der Waals surface area contributed by atoms with Crippen molar-refractivity contribution in [1.82, 2.24) is 49.0 Å². The van der Waals surface area contributed by atoms with Gasteiger partial charge in [-0.1, -0.05) is 125 Å². The van der Waals surface area contributed by atoms with E-state index in [4.69, 9.17) is 4.74 Å². The Labute approximate surface area is 592 Å². The van der Waals surface area contributed by atoms with Crippen LogP contribution < -0.4 is 0 Å². The number of carbonyl (C=O) groups is 4. The Kier molecular flexibility index (Phi) is 53.3. The van der Waals surface area contributed by atoms with Crippen LogP contribution in [0.25, 0.3) is 0 Å². The zero-order valence-electron chi connectivity index (χ0n) is 69.0. The van der Waals surface area contributed by atoms with Crippen LogP contribution in [0, 0.1) is 82.9 Å². The molecule has 9 aliphatic heterocycles. The number of likely N-dealkylation sites (tertiary alicyclic amines) is 6. The smallest absolute Gasteiger partial charge is 0.219 e. The first-order valence-electron chi connectivity index (χ1n) is 39.4. The van der Waals surface area contributed by atoms with Gasteiger partial charge in [-0.15, -0.1) is 0 Å². The summed E-state index contributed by atoms with van der Waals surface area (Å²) >= 11 is 0. The Morgan fingerprint density at radius 1 is 0.263 bits per heavy atom. The van der Waals surface area contributed by atoms with E-state index in [2.05, 4.69) is 182 Å². The number of ether oxygens (including phenoxy) is 1. The second kappa shape index (κ2) is 53.5. The molecule has 0 aliphatic carbocycles. The van der Waals surface area contributed by atoms with Crippen LogP contribution >= 0.6 is 0 Å². The molecular weight excluding hydrogens is 1180 g/mol. The number of carbonyl (C=O) groups excluding carboxylic acids is 4. The molecule has 9 heterocycles. The molecule has 9 fully saturated rings. The van der Waals surface area contributed by atoms with Crippen molar-refractivity contribution < 1.29 is 23.9 Å². The van der Waals surface area contributed by atoms with Crippen LogP contribution in [0.2, 0.25) is 0 Å². The Hall–Kier alpha value is -2.40. The number of likely N-dealkylation sites (N-methyl/N-ethyl adjacent to an activating group) is 1. The maximum absolute atomic E-state index is 11.0. The van der Waals surface area contributed by atoms with Gasteiger partial charge in [-0.25, -0.2) is 0 Å². The Morgan fingerprint density at radius 3 is 0.705 bits per heavy atom. The number of piperazine rings is 2. The molecule has 15 nitrogen and oxygen atoms in total. The molecule has 0 aromatic heterocycles. The molecule has 15 heteroatoms. The summed E-state index contributed by atoms with van der Waals surface area (Å²) < 4.78 is 5.25. The van der Waals surface area contributed by atoms with Crippen molar-refractivity contribution in [3.05, 3.63) is 0 Å². The Balaban J connectivity index is 0. The highest BCUT2D eigenvalue weighted by Crippen LogP contribution is 2.28. The highest BCUT2D eigenvalue weighted by atomic mass is 16.5. The van der Waals surface area contributed by atoms with Crippen molar-refractivity contribution >= 4 is 23.6 Å². The van der Waals surface area contributed by atoms with E-state index in [0.29, 0.717) is 6.04 Å². The summed E-state index contributed by atoms with van der Waals surface area (Å²) in [6.07, 6.45) is 10.6. The third-order valence-corrected chi connectivity index (χ3v) is 21.9. The molecule has 4 amide bonds. The fourth-order valence-electron chi connectivity index (χ4n) is 13.1. The van der Waals surface area contributed by atoms with Gasteiger partial charge < -0.3 is 43.9 Å². The molecule has 0 atom stereocenters. The molecule has 0 unspecified atom stereocenters. The van der Waals surface area contributed by atoms with E-state index in [0.717, 1.165) is 168 Å². The second-order valence-corrected chi connectivity index (χ2v) is 32.2. The maximum Gasteiger partial charge on any atom is 0.219 e. The molecule has 0 radical (unpaired) electrons. The summed E-state index contributed by atoms with van der Waals surface area (Å²) in [5.41, 5.74) is 0. The summed E-state index contributed by atoms with van der Waals surface area (Å²) in [7, 11) is 8.81. The number of nitrogens with zero attached hydrogens (tertiary/aromatic N) is 10. The molecule has 566 valence electrons. The van der Waals surface area contributed by atoms with Crippen molar-refractivity contribution in [3.8, 4) is 0 Å². The predicted molar refractivity (Wildman–Crippen MR) is 411 cm³/mol. The first kappa shape index (κ1) is 94.7. The molecule has 0 spiro atoms. The van der Waals surface area contributed by atoms with Crippen molar-refractivity contribution in [1.29, 1.82) is 0 Å². The zero-order chi connectivity index (χ0) is 73.2. The summed E-state index contributed by atoms with van der Waals surface area (Å²) in [6.45, 7) is 80.0. The number of rotatable bonds is 9. The first-order valence-corrected chi connectivity index (χ1v) is 39.4. The predicted octanol–water partition coefficient (Wildman–Crippen LogP) is 14.6. The van der Waals surface area contributed by atoms with Gasteiger partial charge in [0, 0.05) is 158 Å². The molecule has 0 aromatic carbocycles. The van der Waals surface area contributed by atoms with E-state index in [1.807, 2.05) is 47.3 Å². The lowest BCUT2D eigenvalue weighted by atomic mass is 9.87. The highest BCUT2D eigenvalue weighted by molar-refractivity contribution is 5.75. The SMILES string of the molecule is CC.CC.CC(=O)N1CC(C(C)C)C1.CC(=O)N1CC(C(C)C)C1.CC(=O)N1CCC(C(C)C)CC1.CC(=O)N1CCN(C(C)C)CC1.CC(C)C1CCN(C)CC1.CC(C)C1CCN(C)CC1.CC(C)C1CCOCC1.CC(C)C1CN(C)C1.CC(C)N1CCN(C)CC1. The summed E-state index contributed by atoms with van der Waals surface area (Å²) in [6, 6.07) is 1.34. The molecular formula is C80H166N10O5. The van der Waals surface area contributed by atoms with E-state index in [9.17, 15) is 19.2 Å². The third kappa shape index (κ3) is 42.5. The molecule has 95 heavy (non-hydrogen) atoms. The topological polar surface area (TPSA) is 110 Å². The Morgan fingerprint density at radius 2 is 0.484 bits per heavy atom. The van der Waals surface area contributed by atoms with E-state index in [-0.39, 0.29) is 23.6 Å². The lowest BCUT2D eigenvalue weighted by Crippen LogP contribution is -2.50. The van der Waals surface area contributed by atoms with Crippen LogP contribution in [0.3, 0.4) is 0 Å². The standard InChI is InChI=1S/C10H19NO.C9H18N2O.2C9H19N.C8H18N2.2C8H15NO.C8H16O.C7H15N.2C2H6/c2*1-8(2)10-4-6-11(7-5-10)9(3)12;2*1-8(2)9-4-6-10(3)7-5-9;1-8(2)10-6-4-9(3)5-7-10;2*1-6(2)8-4-9(5-8)7(3)10;1-7(2)8-3-5-9-6-4-8;1-6(2)7-4-8(3)5-7;2*1-2/h8,10H,4-7H2,1-3H3;8H,4-7H2,1-3H3;2*8-9H,4-7H2,1-3H3;8H,4-7H2,1-3H3;2*6,8H,4-5H2,1-3H3;7-8H,3-6H2,1-2H3;6-7H,4-5H2,1-3H3;2*1-2H3. The van der Waals surface area contributed by atoms with Gasteiger partial charge in [0.25, 0.3) is 0 Å². The minimum Gasteiger partial charge on any atom is -0.381 e. The molecule has 0 saturated carbocycles. The lowest BCUT2D eigenvalue weighted by molar-refractivity contribution is -0.136. The van der Waals surface area contributed by atoms with Crippen LogP contribution in [0.1, 0.15) is 231 Å². The van der Waals surface area contributed by atoms with Gasteiger partial charge in [-0.05, 0) is 216 Å². The summed E-state index contributed by atoms with van der Waals surface area (Å²) in [4.78, 5) is 65.6. The van der Waals surface area contributed by atoms with Gasteiger partial charge in [0.15, 0.2) is 0 Å². The van der Waals surface area contributed by atoms with Gasteiger partial charge in [0.2, 0.25) is 23.6 Å². The number of amides is 4. The van der Waals surface area contributed by atoms with Gasteiger partial charge in [0.1, 0.15) is 0 Å². The van der Waals surface area contributed by atoms with E-state index in [1.165, 1.54) is 117 Å². The Bertz CT molecular complexity index is 1720. The van der Waals surface area contributed by atoms with Crippen molar-refractivity contribution in [3.63, 3.8) is 0 Å². The number of hydrogen-bond acceptors (Lipinski definition) is 11. The van der Waals surface area contributed by atoms with Crippen LogP contribution in [-0.2, 0) is 23.9 Å². The normalized spacial score (nSPS) is 21.1. The van der Waals surface area contributed by atoms with Crippen LogP contribution in [-0.4, -0.2) is 257 Å². The van der Waals surface area contributed by atoms with E-state index < -0.39 is 0 Å². The molecule has 9 aliphatic rings. The van der Waals surface area contributed by atoms with Gasteiger partial charge >= 0.3 is 0 Å². The molecule has 9 rings (SSSR count). The molecule has 0 bridgehead atoms. The monoisotopic (exact) mass is 1350 g/mol. The highest BCUT2D eigenvalue weighted by Gasteiger charge is 2.32. The second-order valence-electron chi connectivity index (χ2n) is 32.2. The number of piperidine rings is 3. The quantitative estimate of drug-likeness (QED) is 0.220. The van der Waals surface area contributed by atoms with E-state index >= 15 is 0 Å². The first-order chi connectivity index (χ1) is 44.5. The summed E-state index contributed by atoms with van der Waals surface area (Å²) in [5.74, 6) is 12.9. The van der Waals surface area contributed by atoms with Crippen LogP contribution in [0.4, 0.5) is 0 Å². The fourth-order valence-corrected chi connectivity index (χ4v) is 13.1.